The molecule has 32 heavy (non-hydrogen) atoms. The van der Waals surface area contributed by atoms with Crippen LogP contribution < -0.4 is 15.1 Å². The molecular weight excluding hydrogens is 406 g/mol. The SMILES string of the molecule is CCNc1ncc2c(n1)N1CCC[C@H]1CN(c1cccc(-c3nnc(C4CC4)o3)c1)C2=O. The van der Waals surface area contributed by atoms with Gasteiger partial charge < -0.3 is 19.5 Å². The maximum absolute atomic E-state index is 13.6. The Morgan fingerprint density at radius 2 is 2.12 bits per heavy atom. The van der Waals surface area contributed by atoms with Crippen LogP contribution in [0.4, 0.5) is 17.5 Å². The van der Waals surface area contributed by atoms with Crippen LogP contribution >= 0.6 is 0 Å². The second-order valence-corrected chi connectivity index (χ2v) is 8.64. The molecule has 6 rings (SSSR count). The van der Waals surface area contributed by atoms with E-state index in [1.165, 1.54) is 0 Å². The van der Waals surface area contributed by atoms with Gasteiger partial charge in [-0.05, 0) is 50.8 Å². The highest BCUT2D eigenvalue weighted by Gasteiger charge is 2.37. The van der Waals surface area contributed by atoms with Gasteiger partial charge in [0.25, 0.3) is 5.91 Å². The van der Waals surface area contributed by atoms with Crippen molar-refractivity contribution in [2.24, 2.45) is 0 Å². The van der Waals surface area contributed by atoms with E-state index in [9.17, 15) is 4.79 Å². The summed E-state index contributed by atoms with van der Waals surface area (Å²) in [7, 11) is 0. The number of aromatic nitrogens is 4. The number of benzene rings is 1. The summed E-state index contributed by atoms with van der Waals surface area (Å²) in [5.74, 6) is 2.82. The van der Waals surface area contributed by atoms with Crippen LogP contribution in [0.1, 0.15) is 54.8 Å². The summed E-state index contributed by atoms with van der Waals surface area (Å²) < 4.78 is 5.89. The topological polar surface area (TPSA) is 100 Å². The normalized spacial score (nSPS) is 20.2. The number of hydrogen-bond acceptors (Lipinski definition) is 8. The van der Waals surface area contributed by atoms with Gasteiger partial charge in [0.15, 0.2) is 0 Å². The van der Waals surface area contributed by atoms with E-state index in [0.717, 1.165) is 55.8 Å². The molecule has 1 aliphatic carbocycles. The number of nitrogens with one attached hydrogen (secondary N) is 1. The van der Waals surface area contributed by atoms with Gasteiger partial charge in [-0.15, -0.1) is 10.2 Å². The Kier molecular flexibility index (Phi) is 4.55. The van der Waals surface area contributed by atoms with Gasteiger partial charge in [-0.1, -0.05) is 6.07 Å². The van der Waals surface area contributed by atoms with Crippen molar-refractivity contribution in [3.05, 3.63) is 41.9 Å². The van der Waals surface area contributed by atoms with Gasteiger partial charge in [-0.25, -0.2) is 4.98 Å². The van der Waals surface area contributed by atoms with Gasteiger partial charge in [0.05, 0.1) is 0 Å². The van der Waals surface area contributed by atoms with Gasteiger partial charge in [0.1, 0.15) is 11.4 Å². The van der Waals surface area contributed by atoms with Crippen molar-refractivity contribution in [3.8, 4) is 11.5 Å². The number of anilines is 3. The predicted molar refractivity (Wildman–Crippen MR) is 120 cm³/mol. The molecule has 0 bridgehead atoms. The number of carbonyl (C=O) groups is 1. The van der Waals surface area contributed by atoms with Gasteiger partial charge in [-0.3, -0.25) is 4.79 Å². The van der Waals surface area contributed by atoms with E-state index in [1.54, 1.807) is 6.20 Å². The molecule has 0 spiro atoms. The Morgan fingerprint density at radius 3 is 2.97 bits per heavy atom. The quantitative estimate of drug-likeness (QED) is 0.656. The smallest absolute Gasteiger partial charge is 0.263 e. The van der Waals surface area contributed by atoms with Crippen molar-refractivity contribution in [2.45, 2.75) is 44.6 Å². The lowest BCUT2D eigenvalue weighted by molar-refractivity contribution is 0.0988. The third kappa shape index (κ3) is 3.28. The lowest BCUT2D eigenvalue weighted by atomic mass is 10.1. The fourth-order valence-electron chi connectivity index (χ4n) is 4.61. The van der Waals surface area contributed by atoms with Crippen LogP contribution in [0.25, 0.3) is 11.5 Å². The van der Waals surface area contributed by atoms with Crippen LogP contribution in [0.2, 0.25) is 0 Å². The molecule has 3 aliphatic rings. The Balaban J connectivity index is 1.37. The largest absolute Gasteiger partial charge is 0.420 e. The Morgan fingerprint density at radius 1 is 1.22 bits per heavy atom. The van der Waals surface area contributed by atoms with Crippen LogP contribution in [-0.2, 0) is 0 Å². The van der Waals surface area contributed by atoms with Crippen molar-refractivity contribution in [3.63, 3.8) is 0 Å². The minimum Gasteiger partial charge on any atom is -0.420 e. The molecular formula is C23H25N7O2. The number of fused-ring (bicyclic) bond motifs is 3. The molecule has 3 aromatic rings. The zero-order valence-electron chi connectivity index (χ0n) is 18.0. The van der Waals surface area contributed by atoms with E-state index >= 15 is 0 Å². The monoisotopic (exact) mass is 431 g/mol. The molecule has 1 aromatic carbocycles. The third-order valence-corrected chi connectivity index (χ3v) is 6.39. The molecule has 2 aliphatic heterocycles. The van der Waals surface area contributed by atoms with Crippen molar-refractivity contribution in [1.29, 1.82) is 0 Å². The fourth-order valence-corrected chi connectivity index (χ4v) is 4.61. The van der Waals surface area contributed by atoms with Crippen molar-refractivity contribution in [1.82, 2.24) is 20.2 Å². The molecule has 1 amide bonds. The summed E-state index contributed by atoms with van der Waals surface area (Å²) >= 11 is 0. The van der Waals surface area contributed by atoms with Crippen LogP contribution in [0.15, 0.2) is 34.9 Å². The molecule has 9 heteroatoms. The Hall–Kier alpha value is -3.49. The lowest BCUT2D eigenvalue weighted by Crippen LogP contribution is -2.39. The van der Waals surface area contributed by atoms with Crippen molar-refractivity contribution in [2.75, 3.05) is 34.8 Å². The van der Waals surface area contributed by atoms with Gasteiger partial charge >= 0.3 is 0 Å². The molecule has 1 atom stereocenters. The molecule has 0 radical (unpaired) electrons. The number of amides is 1. The first kappa shape index (κ1) is 19.2. The highest BCUT2D eigenvalue weighted by atomic mass is 16.4. The lowest BCUT2D eigenvalue weighted by Gasteiger charge is -2.27. The molecule has 9 nitrogen and oxygen atoms in total. The van der Waals surface area contributed by atoms with Crippen LogP contribution in [0.5, 0.6) is 0 Å². The van der Waals surface area contributed by atoms with Gasteiger partial charge in [-0.2, -0.15) is 4.98 Å². The van der Waals surface area contributed by atoms with E-state index < -0.39 is 0 Å². The Bertz CT molecular complexity index is 1170. The summed E-state index contributed by atoms with van der Waals surface area (Å²) in [6.07, 6.45) is 5.98. The fraction of sp³-hybridized carbons (Fsp3) is 0.435. The summed E-state index contributed by atoms with van der Waals surface area (Å²) in [5, 5.41) is 11.6. The highest BCUT2D eigenvalue weighted by molar-refractivity contribution is 6.10. The molecule has 164 valence electrons. The average molecular weight is 432 g/mol. The van der Waals surface area contributed by atoms with E-state index in [1.807, 2.05) is 36.1 Å². The summed E-state index contributed by atoms with van der Waals surface area (Å²) in [6, 6.07) is 8.01. The van der Waals surface area contributed by atoms with Gasteiger partial charge in [0, 0.05) is 49.0 Å². The molecule has 1 saturated carbocycles. The molecule has 2 aromatic heterocycles. The molecule has 0 unspecified atom stereocenters. The maximum Gasteiger partial charge on any atom is 0.263 e. The van der Waals surface area contributed by atoms with Crippen molar-refractivity contribution < 1.29 is 9.21 Å². The standard InChI is InChI=1S/C23H25N7O2/c1-2-24-23-25-12-18-19(26-23)29-10-4-7-17(29)13-30(22(18)31)16-6-3-5-15(11-16)21-28-27-20(32-21)14-8-9-14/h3,5-6,11-12,14,17H,2,4,7-10,13H2,1H3,(H,24,25,26)/t17-/m0/s1. The zero-order chi connectivity index (χ0) is 21.7. The number of rotatable bonds is 5. The molecule has 1 N–H and O–H groups in total. The van der Waals surface area contributed by atoms with Crippen LogP contribution in [0.3, 0.4) is 0 Å². The van der Waals surface area contributed by atoms with Gasteiger partial charge in [0.2, 0.25) is 17.7 Å². The molecule has 4 heterocycles. The summed E-state index contributed by atoms with van der Waals surface area (Å²) in [5.41, 5.74) is 2.17. The second kappa shape index (κ2) is 7.58. The minimum atomic E-state index is -0.0844. The number of nitrogens with zero attached hydrogens (tertiary/aromatic N) is 6. The average Bonchev–Trinajstić information content (AvgIpc) is 3.39. The van der Waals surface area contributed by atoms with Crippen LogP contribution in [0, 0.1) is 0 Å². The van der Waals surface area contributed by atoms with E-state index in [4.69, 9.17) is 9.40 Å². The van der Waals surface area contributed by atoms with E-state index in [-0.39, 0.29) is 11.9 Å². The minimum absolute atomic E-state index is 0.0844. The van der Waals surface area contributed by atoms with E-state index in [0.29, 0.717) is 35.8 Å². The second-order valence-electron chi connectivity index (χ2n) is 8.64. The van der Waals surface area contributed by atoms with E-state index in [2.05, 4.69) is 25.4 Å². The zero-order valence-corrected chi connectivity index (χ0v) is 18.0. The first-order valence-corrected chi connectivity index (χ1v) is 11.3. The molecule has 1 saturated heterocycles. The summed E-state index contributed by atoms with van der Waals surface area (Å²) in [4.78, 5) is 26.8. The van der Waals surface area contributed by atoms with Crippen molar-refractivity contribution >= 4 is 23.4 Å². The molecule has 2 fully saturated rings. The van der Waals surface area contributed by atoms with Crippen LogP contribution in [-0.4, -0.2) is 51.7 Å². The Labute approximate surface area is 185 Å². The number of hydrogen-bond donors (Lipinski definition) is 1. The first-order chi connectivity index (χ1) is 15.7. The maximum atomic E-state index is 13.6. The third-order valence-electron chi connectivity index (χ3n) is 6.39. The predicted octanol–water partition coefficient (Wildman–Crippen LogP) is 3.47. The summed E-state index contributed by atoms with van der Waals surface area (Å²) in [6.45, 7) is 4.23. The first-order valence-electron chi connectivity index (χ1n) is 11.3. The highest BCUT2D eigenvalue weighted by Crippen LogP contribution is 2.40. The number of carbonyl (C=O) groups excluding carboxylic acids is 1.